The van der Waals surface area contributed by atoms with Gasteiger partial charge in [0.05, 0.1) is 6.61 Å². The Balaban J connectivity index is 0.00000480. The highest BCUT2D eigenvalue weighted by Gasteiger charge is 2.03. The zero-order valence-electron chi connectivity index (χ0n) is 18.6. The first-order valence-corrected chi connectivity index (χ1v) is 10.2. The summed E-state index contributed by atoms with van der Waals surface area (Å²) in [6.07, 6.45) is 0.723. The number of nitrogens with one attached hydrogen (secondary N) is 2. The second-order valence-electron chi connectivity index (χ2n) is 7.02. The summed E-state index contributed by atoms with van der Waals surface area (Å²) < 4.78 is 24.2. The molecular formula is C23H34FIN4O2. The summed E-state index contributed by atoms with van der Waals surface area (Å²) in [4.78, 5) is 6.42. The minimum atomic E-state index is -0.210. The van der Waals surface area contributed by atoms with E-state index in [1.165, 1.54) is 6.07 Å². The Labute approximate surface area is 202 Å². The van der Waals surface area contributed by atoms with E-state index in [9.17, 15) is 4.39 Å². The number of hydrogen-bond acceptors (Lipinski definition) is 4. The summed E-state index contributed by atoms with van der Waals surface area (Å²) in [5.74, 6) is 1.35. The molecule has 172 valence electrons. The van der Waals surface area contributed by atoms with Crippen LogP contribution in [0.3, 0.4) is 0 Å². The lowest BCUT2D eigenvalue weighted by atomic mass is 10.1. The lowest BCUT2D eigenvalue weighted by Gasteiger charge is -2.16. The lowest BCUT2D eigenvalue weighted by Crippen LogP contribution is -2.37. The van der Waals surface area contributed by atoms with Crippen molar-refractivity contribution in [3.05, 3.63) is 65.5 Å². The fraction of sp³-hybridized carbons (Fsp3) is 0.435. The first kappa shape index (κ1) is 27.1. The van der Waals surface area contributed by atoms with Gasteiger partial charge >= 0.3 is 0 Å². The summed E-state index contributed by atoms with van der Waals surface area (Å²) >= 11 is 0. The number of halogens is 2. The van der Waals surface area contributed by atoms with E-state index in [1.807, 2.05) is 30.3 Å². The molecule has 6 nitrogen and oxygen atoms in total. The molecule has 0 fully saturated rings. The van der Waals surface area contributed by atoms with Crippen molar-refractivity contribution in [1.82, 2.24) is 15.5 Å². The highest BCUT2D eigenvalue weighted by Crippen LogP contribution is 2.13. The van der Waals surface area contributed by atoms with Gasteiger partial charge in [0.25, 0.3) is 0 Å². The number of guanidine groups is 1. The fourth-order valence-electron chi connectivity index (χ4n) is 2.85. The van der Waals surface area contributed by atoms with Crippen molar-refractivity contribution in [2.24, 2.45) is 4.99 Å². The molecule has 0 unspecified atom stereocenters. The van der Waals surface area contributed by atoms with Crippen LogP contribution in [0.5, 0.6) is 5.75 Å². The fourth-order valence-corrected chi connectivity index (χ4v) is 2.85. The van der Waals surface area contributed by atoms with E-state index in [1.54, 1.807) is 26.3 Å². The maximum Gasteiger partial charge on any atom is 0.191 e. The summed E-state index contributed by atoms with van der Waals surface area (Å²) in [6, 6.07) is 14.7. The third-order valence-electron chi connectivity index (χ3n) is 4.60. The summed E-state index contributed by atoms with van der Waals surface area (Å²) in [6.45, 7) is 4.37. The average molecular weight is 544 g/mol. The van der Waals surface area contributed by atoms with Crippen LogP contribution in [0.25, 0.3) is 0 Å². The smallest absolute Gasteiger partial charge is 0.191 e. The largest absolute Gasteiger partial charge is 0.492 e. The van der Waals surface area contributed by atoms with Gasteiger partial charge in [0, 0.05) is 40.3 Å². The molecule has 0 saturated heterocycles. The van der Waals surface area contributed by atoms with Crippen molar-refractivity contribution < 1.29 is 13.9 Å². The molecule has 31 heavy (non-hydrogen) atoms. The molecule has 0 amide bonds. The van der Waals surface area contributed by atoms with Crippen LogP contribution in [0, 0.1) is 5.82 Å². The highest BCUT2D eigenvalue weighted by atomic mass is 127. The molecular weight excluding hydrogens is 510 g/mol. The first-order valence-electron chi connectivity index (χ1n) is 10.2. The predicted octanol–water partition coefficient (Wildman–Crippen LogP) is 3.31. The van der Waals surface area contributed by atoms with Crippen LogP contribution >= 0.6 is 24.0 Å². The van der Waals surface area contributed by atoms with Gasteiger partial charge in [-0.25, -0.2) is 4.39 Å². The Bertz CT molecular complexity index is 792. The number of rotatable bonds is 12. The van der Waals surface area contributed by atoms with Crippen LogP contribution in [0.15, 0.2) is 53.5 Å². The SMILES string of the molecule is CN=C(NCCc1cccc(F)c1)NCc1cccc(OCCN(C)CCOC)c1.I. The number of nitrogens with zero attached hydrogens (tertiary/aromatic N) is 2. The summed E-state index contributed by atoms with van der Waals surface area (Å²) in [7, 11) is 5.49. The number of benzene rings is 2. The first-order chi connectivity index (χ1) is 14.6. The van der Waals surface area contributed by atoms with Gasteiger partial charge in [0.1, 0.15) is 18.2 Å². The third kappa shape index (κ3) is 11.3. The van der Waals surface area contributed by atoms with Gasteiger partial charge in [-0.2, -0.15) is 0 Å². The minimum Gasteiger partial charge on any atom is -0.492 e. The Morgan fingerprint density at radius 3 is 2.52 bits per heavy atom. The van der Waals surface area contributed by atoms with Gasteiger partial charge < -0.3 is 25.0 Å². The summed E-state index contributed by atoms with van der Waals surface area (Å²) in [5, 5.41) is 6.55. The quantitative estimate of drug-likeness (QED) is 0.244. The van der Waals surface area contributed by atoms with Crippen LogP contribution in [0.4, 0.5) is 4.39 Å². The molecule has 2 rings (SSSR count). The molecule has 0 aliphatic carbocycles. The standard InChI is InChI=1S/C23H33FN4O2.HI/c1-25-23(26-11-10-19-6-4-8-21(24)16-19)27-18-20-7-5-9-22(17-20)30-15-13-28(2)12-14-29-3;/h4-9,16-17H,10-15,18H2,1-3H3,(H2,25,26,27);1H. The third-order valence-corrected chi connectivity index (χ3v) is 4.60. The van der Waals surface area contributed by atoms with Crippen molar-refractivity contribution in [3.8, 4) is 5.75 Å². The molecule has 2 aromatic rings. The van der Waals surface area contributed by atoms with Crippen molar-refractivity contribution >= 4 is 29.9 Å². The van der Waals surface area contributed by atoms with Crippen LogP contribution in [-0.4, -0.2) is 64.9 Å². The van der Waals surface area contributed by atoms with Gasteiger partial charge in [-0.05, 0) is 48.9 Å². The molecule has 0 heterocycles. The monoisotopic (exact) mass is 544 g/mol. The molecule has 2 aromatic carbocycles. The molecule has 0 saturated carbocycles. The molecule has 0 aromatic heterocycles. The predicted molar refractivity (Wildman–Crippen MR) is 135 cm³/mol. The van der Waals surface area contributed by atoms with Crippen LogP contribution in [0.2, 0.25) is 0 Å². The van der Waals surface area contributed by atoms with E-state index in [0.717, 1.165) is 43.0 Å². The molecule has 2 N–H and O–H groups in total. The minimum absolute atomic E-state index is 0. The van der Waals surface area contributed by atoms with Gasteiger partial charge in [0.15, 0.2) is 5.96 Å². The average Bonchev–Trinajstić information content (AvgIpc) is 2.75. The molecule has 0 atom stereocenters. The number of likely N-dealkylation sites (N-methyl/N-ethyl adjacent to an activating group) is 1. The maximum atomic E-state index is 13.3. The van der Waals surface area contributed by atoms with Crippen molar-refractivity contribution in [3.63, 3.8) is 0 Å². The highest BCUT2D eigenvalue weighted by molar-refractivity contribution is 14.0. The zero-order chi connectivity index (χ0) is 21.6. The van der Waals surface area contributed by atoms with Crippen LogP contribution in [-0.2, 0) is 17.7 Å². The number of aliphatic imine (C=N–C) groups is 1. The van der Waals surface area contributed by atoms with Crippen molar-refractivity contribution in [2.45, 2.75) is 13.0 Å². The van der Waals surface area contributed by atoms with Gasteiger partial charge in [-0.3, -0.25) is 4.99 Å². The molecule has 0 radical (unpaired) electrons. The topological polar surface area (TPSA) is 58.1 Å². The Hall–Kier alpha value is -1.91. The van der Waals surface area contributed by atoms with Gasteiger partial charge in [-0.15, -0.1) is 24.0 Å². The van der Waals surface area contributed by atoms with Crippen molar-refractivity contribution in [1.29, 1.82) is 0 Å². The number of hydrogen-bond donors (Lipinski definition) is 2. The second kappa shape index (κ2) is 15.8. The molecule has 0 aliphatic heterocycles. The normalized spacial score (nSPS) is 11.2. The van der Waals surface area contributed by atoms with E-state index < -0.39 is 0 Å². The maximum absolute atomic E-state index is 13.3. The Morgan fingerprint density at radius 2 is 1.77 bits per heavy atom. The van der Waals surface area contributed by atoms with Crippen LogP contribution < -0.4 is 15.4 Å². The Morgan fingerprint density at radius 1 is 1.03 bits per heavy atom. The molecule has 0 aliphatic rings. The Kier molecular flexibility index (Phi) is 13.8. The second-order valence-corrected chi connectivity index (χ2v) is 7.02. The van der Waals surface area contributed by atoms with E-state index in [4.69, 9.17) is 9.47 Å². The van der Waals surface area contributed by atoms with Crippen LogP contribution in [0.1, 0.15) is 11.1 Å². The number of ether oxygens (including phenoxy) is 2. The van der Waals surface area contributed by atoms with E-state index in [2.05, 4.69) is 27.6 Å². The molecule has 0 spiro atoms. The lowest BCUT2D eigenvalue weighted by molar-refractivity contribution is 0.150. The van der Waals surface area contributed by atoms with Crippen molar-refractivity contribution in [2.75, 3.05) is 54.1 Å². The summed E-state index contributed by atoms with van der Waals surface area (Å²) in [5.41, 5.74) is 2.06. The van der Waals surface area contributed by atoms with Gasteiger partial charge in [-0.1, -0.05) is 24.3 Å². The molecule has 8 heteroatoms. The zero-order valence-corrected chi connectivity index (χ0v) is 20.9. The van der Waals surface area contributed by atoms with Gasteiger partial charge in [0.2, 0.25) is 0 Å². The molecule has 0 bridgehead atoms. The van der Waals surface area contributed by atoms with E-state index in [0.29, 0.717) is 25.7 Å². The van der Waals surface area contributed by atoms with E-state index in [-0.39, 0.29) is 29.8 Å². The van der Waals surface area contributed by atoms with E-state index >= 15 is 0 Å². The number of methoxy groups -OCH3 is 1.